The number of imidazole rings is 1. The number of hydrogen-bond acceptors (Lipinski definition) is 6. The van der Waals surface area contributed by atoms with Crippen LogP contribution in [0, 0.1) is 5.82 Å². The molecule has 0 radical (unpaired) electrons. The third kappa shape index (κ3) is 3.78. The van der Waals surface area contributed by atoms with Crippen LogP contribution >= 0.6 is 11.3 Å². The van der Waals surface area contributed by atoms with E-state index in [9.17, 15) is 9.18 Å². The van der Waals surface area contributed by atoms with Crippen molar-refractivity contribution in [3.05, 3.63) is 92.5 Å². The Bertz CT molecular complexity index is 1570. The fraction of sp³-hybridized carbons (Fsp3) is 0.120. The Hall–Kier alpha value is -3.91. The highest BCUT2D eigenvalue weighted by atomic mass is 32.1. The van der Waals surface area contributed by atoms with Crippen molar-refractivity contribution in [1.82, 2.24) is 9.38 Å². The molecule has 5 aromatic rings. The van der Waals surface area contributed by atoms with Crippen molar-refractivity contribution in [2.45, 2.75) is 6.61 Å². The van der Waals surface area contributed by atoms with Crippen molar-refractivity contribution < 1.29 is 18.6 Å². The van der Waals surface area contributed by atoms with E-state index in [1.54, 1.807) is 40.8 Å². The van der Waals surface area contributed by atoms with Crippen LogP contribution in [0.4, 0.5) is 4.39 Å². The second kappa shape index (κ2) is 8.55. The van der Waals surface area contributed by atoms with Crippen molar-refractivity contribution in [1.29, 1.82) is 0 Å². The van der Waals surface area contributed by atoms with Gasteiger partial charge in [0.15, 0.2) is 16.5 Å². The topological polar surface area (TPSA) is 62.1 Å². The second-order valence-electron chi connectivity index (χ2n) is 7.27. The smallest absolute Gasteiger partial charge is 0.274 e. The molecule has 2 aromatic heterocycles. The van der Waals surface area contributed by atoms with Crippen molar-refractivity contribution in [3.63, 3.8) is 0 Å². The lowest BCUT2D eigenvalue weighted by molar-refractivity contribution is 0.262. The Balaban J connectivity index is 1.55. The van der Waals surface area contributed by atoms with Gasteiger partial charge < -0.3 is 14.2 Å². The van der Waals surface area contributed by atoms with Gasteiger partial charge in [0, 0.05) is 5.56 Å². The number of fused-ring (bicyclic) bond motifs is 3. The molecule has 0 bridgehead atoms. The zero-order valence-corrected chi connectivity index (χ0v) is 18.7. The average Bonchev–Trinajstić information content (AvgIpc) is 3.34. The quantitative estimate of drug-likeness (QED) is 0.379. The number of para-hydroxylation sites is 2. The first-order valence-electron chi connectivity index (χ1n) is 10.1. The predicted octanol–water partition coefficient (Wildman–Crippen LogP) is 4.19. The summed E-state index contributed by atoms with van der Waals surface area (Å²) in [6.07, 6.45) is 1.77. The zero-order valence-electron chi connectivity index (χ0n) is 17.9. The van der Waals surface area contributed by atoms with Gasteiger partial charge >= 0.3 is 0 Å². The van der Waals surface area contributed by atoms with Gasteiger partial charge in [0.1, 0.15) is 12.4 Å². The summed E-state index contributed by atoms with van der Waals surface area (Å²) in [5, 5.41) is 0. The van der Waals surface area contributed by atoms with E-state index in [0.717, 1.165) is 11.0 Å². The van der Waals surface area contributed by atoms with Crippen LogP contribution < -0.4 is 24.3 Å². The summed E-state index contributed by atoms with van der Waals surface area (Å²) in [6.45, 7) is 0.0162. The molecule has 0 spiro atoms. The molecule has 0 amide bonds. The number of benzene rings is 3. The van der Waals surface area contributed by atoms with Crippen LogP contribution in [0.3, 0.4) is 0 Å². The fourth-order valence-electron chi connectivity index (χ4n) is 3.65. The van der Waals surface area contributed by atoms with Crippen LogP contribution in [0.25, 0.3) is 22.1 Å². The summed E-state index contributed by atoms with van der Waals surface area (Å²) in [4.78, 5) is 18.2. The minimum Gasteiger partial charge on any atom is -0.493 e. The molecule has 0 aliphatic heterocycles. The van der Waals surface area contributed by atoms with Gasteiger partial charge in [-0.2, -0.15) is 0 Å². The van der Waals surface area contributed by atoms with E-state index in [1.165, 1.54) is 31.6 Å². The molecule has 0 atom stereocenters. The summed E-state index contributed by atoms with van der Waals surface area (Å²) in [7, 11) is 3.03. The molecule has 166 valence electrons. The lowest BCUT2D eigenvalue weighted by atomic mass is 10.1. The largest absolute Gasteiger partial charge is 0.493 e. The zero-order chi connectivity index (χ0) is 22.9. The lowest BCUT2D eigenvalue weighted by Crippen LogP contribution is -2.22. The molecule has 0 fully saturated rings. The average molecular weight is 463 g/mol. The highest BCUT2D eigenvalue weighted by Gasteiger charge is 2.16. The van der Waals surface area contributed by atoms with Crippen LogP contribution in [0.15, 0.2) is 65.5 Å². The highest BCUT2D eigenvalue weighted by Crippen LogP contribution is 2.39. The number of ether oxygens (including phenoxy) is 3. The van der Waals surface area contributed by atoms with E-state index in [4.69, 9.17) is 14.2 Å². The normalized spacial score (nSPS) is 11.9. The highest BCUT2D eigenvalue weighted by molar-refractivity contribution is 7.15. The Kier molecular flexibility index (Phi) is 5.43. The van der Waals surface area contributed by atoms with Gasteiger partial charge in [-0.05, 0) is 42.0 Å². The second-order valence-corrected chi connectivity index (χ2v) is 8.28. The molecule has 5 rings (SSSR count). The number of thiazole rings is 1. The van der Waals surface area contributed by atoms with E-state index in [0.29, 0.717) is 37.9 Å². The standard InChI is InChI=1S/C25H19FN2O4S/c1-30-20-11-15(12-21(31-2)23(20)32-14-16-7-3-4-8-17(16)26)13-22-24(29)28-19-10-6-5-9-18(19)27-25(28)33-22/h3-13H,14H2,1-2H3. The molecule has 8 heteroatoms. The molecule has 0 saturated heterocycles. The van der Waals surface area contributed by atoms with E-state index >= 15 is 0 Å². The third-order valence-electron chi connectivity index (χ3n) is 5.26. The summed E-state index contributed by atoms with van der Waals surface area (Å²) >= 11 is 1.31. The van der Waals surface area contributed by atoms with Crippen LogP contribution in [-0.2, 0) is 6.61 Å². The Labute approximate surface area is 192 Å². The van der Waals surface area contributed by atoms with Crippen molar-refractivity contribution >= 4 is 33.4 Å². The van der Waals surface area contributed by atoms with Gasteiger partial charge in [-0.15, -0.1) is 0 Å². The number of rotatable bonds is 6. The van der Waals surface area contributed by atoms with E-state index in [-0.39, 0.29) is 18.0 Å². The molecule has 2 heterocycles. The number of nitrogens with zero attached hydrogens (tertiary/aromatic N) is 2. The molecule has 0 aliphatic rings. The first-order chi connectivity index (χ1) is 16.1. The first-order valence-corrected chi connectivity index (χ1v) is 10.9. The van der Waals surface area contributed by atoms with Crippen molar-refractivity contribution in [2.24, 2.45) is 0 Å². The molecule has 3 aromatic carbocycles. The SMILES string of the molecule is COc1cc(C=c2sc3nc4ccccc4n3c2=O)cc(OC)c1OCc1ccccc1F. The number of halogens is 1. The summed E-state index contributed by atoms with van der Waals surface area (Å²) in [5.74, 6) is 0.834. The van der Waals surface area contributed by atoms with Crippen molar-refractivity contribution in [3.8, 4) is 17.2 Å². The molecule has 6 nitrogen and oxygen atoms in total. The lowest BCUT2D eigenvalue weighted by Gasteiger charge is -2.15. The maximum atomic E-state index is 14.0. The third-order valence-corrected chi connectivity index (χ3v) is 6.22. The monoisotopic (exact) mass is 462 g/mol. The van der Waals surface area contributed by atoms with Gasteiger partial charge in [-0.25, -0.2) is 13.8 Å². The number of methoxy groups -OCH3 is 2. The maximum absolute atomic E-state index is 14.0. The van der Waals surface area contributed by atoms with Gasteiger partial charge in [0.25, 0.3) is 5.56 Å². The van der Waals surface area contributed by atoms with Gasteiger partial charge in [0.05, 0.1) is 29.8 Å². The Morgan fingerprint density at radius 3 is 2.45 bits per heavy atom. The van der Waals surface area contributed by atoms with E-state index in [2.05, 4.69) is 4.98 Å². The Morgan fingerprint density at radius 2 is 1.73 bits per heavy atom. The molecular weight excluding hydrogens is 443 g/mol. The molecule has 0 unspecified atom stereocenters. The number of aromatic nitrogens is 2. The summed E-state index contributed by atoms with van der Waals surface area (Å²) in [6, 6.07) is 17.4. The van der Waals surface area contributed by atoms with Crippen LogP contribution in [-0.4, -0.2) is 23.6 Å². The minimum absolute atomic E-state index is 0.0162. The minimum atomic E-state index is -0.349. The fourth-order valence-corrected chi connectivity index (χ4v) is 4.64. The van der Waals surface area contributed by atoms with Crippen LogP contribution in [0.2, 0.25) is 0 Å². The van der Waals surface area contributed by atoms with E-state index < -0.39 is 0 Å². The van der Waals surface area contributed by atoms with Crippen LogP contribution in [0.5, 0.6) is 17.2 Å². The van der Waals surface area contributed by atoms with Gasteiger partial charge in [0.2, 0.25) is 5.75 Å². The maximum Gasteiger partial charge on any atom is 0.274 e. The molecule has 0 saturated carbocycles. The van der Waals surface area contributed by atoms with Gasteiger partial charge in [-0.3, -0.25) is 4.79 Å². The van der Waals surface area contributed by atoms with E-state index in [1.807, 2.05) is 24.3 Å². The molecular formula is C25H19FN2O4S. The summed E-state index contributed by atoms with van der Waals surface area (Å²) in [5.41, 5.74) is 2.55. The number of hydrogen-bond donors (Lipinski definition) is 0. The molecule has 33 heavy (non-hydrogen) atoms. The van der Waals surface area contributed by atoms with Gasteiger partial charge in [-0.1, -0.05) is 41.7 Å². The van der Waals surface area contributed by atoms with Crippen molar-refractivity contribution in [2.75, 3.05) is 14.2 Å². The molecule has 0 aliphatic carbocycles. The van der Waals surface area contributed by atoms with Crippen LogP contribution in [0.1, 0.15) is 11.1 Å². The predicted molar refractivity (Wildman–Crippen MR) is 126 cm³/mol. The molecule has 0 N–H and O–H groups in total. The first kappa shape index (κ1) is 21.0. The summed E-state index contributed by atoms with van der Waals surface area (Å²) < 4.78 is 33.0. The Morgan fingerprint density at radius 1 is 1.03 bits per heavy atom.